The number of carboxylic acid groups (broad SMARTS) is 1. The first kappa shape index (κ1) is 19.8. The van der Waals surface area contributed by atoms with E-state index in [0.717, 1.165) is 38.5 Å². The van der Waals surface area contributed by atoms with Crippen molar-refractivity contribution in [2.75, 3.05) is 19.6 Å². The molecule has 1 aromatic rings. The number of rotatable bonds is 4. The van der Waals surface area contributed by atoms with Crippen molar-refractivity contribution >= 4 is 21.9 Å². The first-order valence-electron chi connectivity index (χ1n) is 9.55. The molecule has 1 unspecified atom stereocenters. The molecule has 1 aromatic carbocycles. The highest BCUT2D eigenvalue weighted by Crippen LogP contribution is 2.24. The zero-order valence-corrected chi connectivity index (χ0v) is 16.2. The van der Waals surface area contributed by atoms with Crippen molar-refractivity contribution in [3.63, 3.8) is 0 Å². The molecule has 0 saturated carbocycles. The molecule has 0 aliphatic carbocycles. The van der Waals surface area contributed by atoms with Crippen LogP contribution < -0.4 is 0 Å². The Bertz CT molecular complexity index is 800. The second-order valence-corrected chi connectivity index (χ2v) is 9.13. The average Bonchev–Trinajstić information content (AvgIpc) is 2.97. The maximum absolute atomic E-state index is 13.0. The highest BCUT2D eigenvalue weighted by Gasteiger charge is 2.33. The highest BCUT2D eigenvalue weighted by atomic mass is 32.2. The number of piperidine rings is 1. The molecule has 2 heterocycles. The van der Waals surface area contributed by atoms with Gasteiger partial charge in [0, 0.05) is 25.2 Å². The maximum atomic E-state index is 13.0. The van der Waals surface area contributed by atoms with Crippen LogP contribution in [0, 0.1) is 0 Å². The number of hydrogen-bond acceptors (Lipinski definition) is 4. The van der Waals surface area contributed by atoms with E-state index in [-0.39, 0.29) is 10.5 Å². The number of benzene rings is 1. The van der Waals surface area contributed by atoms with E-state index in [1.54, 1.807) is 12.1 Å². The van der Waals surface area contributed by atoms with Crippen molar-refractivity contribution in [3.8, 4) is 0 Å². The van der Waals surface area contributed by atoms with Crippen LogP contribution in [0.3, 0.4) is 0 Å². The van der Waals surface area contributed by atoms with Gasteiger partial charge in [0.25, 0.3) is 5.91 Å². The maximum Gasteiger partial charge on any atom is 0.326 e. The minimum atomic E-state index is -3.66. The van der Waals surface area contributed by atoms with Gasteiger partial charge < -0.3 is 10.0 Å². The normalized spacial score (nSPS) is 22.2. The molecular weight excluding hydrogens is 368 g/mol. The van der Waals surface area contributed by atoms with Crippen LogP contribution in [0.4, 0.5) is 0 Å². The summed E-state index contributed by atoms with van der Waals surface area (Å²) in [5.41, 5.74) is 0.221. The van der Waals surface area contributed by atoms with Crippen molar-refractivity contribution in [1.29, 1.82) is 0 Å². The molecule has 2 fully saturated rings. The molecule has 1 amide bonds. The van der Waals surface area contributed by atoms with Gasteiger partial charge in [-0.1, -0.05) is 18.9 Å². The Morgan fingerprint density at radius 2 is 1.63 bits per heavy atom. The molecule has 0 bridgehead atoms. The minimum absolute atomic E-state index is 0.0964. The van der Waals surface area contributed by atoms with Crippen molar-refractivity contribution in [3.05, 3.63) is 29.8 Å². The highest BCUT2D eigenvalue weighted by molar-refractivity contribution is 7.89. The van der Waals surface area contributed by atoms with Crippen molar-refractivity contribution in [2.45, 2.75) is 55.9 Å². The third-order valence-electron chi connectivity index (χ3n) is 5.33. The Hall–Kier alpha value is -1.93. The smallest absolute Gasteiger partial charge is 0.326 e. The predicted octanol–water partition coefficient (Wildman–Crippen LogP) is 2.33. The van der Waals surface area contributed by atoms with Crippen molar-refractivity contribution in [1.82, 2.24) is 9.21 Å². The van der Waals surface area contributed by atoms with Crippen LogP contribution in [0.25, 0.3) is 0 Å². The molecule has 2 saturated heterocycles. The fourth-order valence-corrected chi connectivity index (χ4v) is 5.38. The summed E-state index contributed by atoms with van der Waals surface area (Å²) in [4.78, 5) is 25.8. The second-order valence-electron chi connectivity index (χ2n) is 7.19. The van der Waals surface area contributed by atoms with Gasteiger partial charge in [0.2, 0.25) is 10.0 Å². The van der Waals surface area contributed by atoms with Gasteiger partial charge in [0.05, 0.1) is 4.90 Å². The molecule has 0 radical (unpaired) electrons. The van der Waals surface area contributed by atoms with E-state index < -0.39 is 27.9 Å². The minimum Gasteiger partial charge on any atom is -0.480 e. The summed E-state index contributed by atoms with van der Waals surface area (Å²) in [5.74, 6) is -1.44. The Morgan fingerprint density at radius 3 is 2.30 bits per heavy atom. The summed E-state index contributed by atoms with van der Waals surface area (Å²) in [6.07, 6.45) is 5.67. The lowest BCUT2D eigenvalue weighted by atomic mass is 10.0. The summed E-state index contributed by atoms with van der Waals surface area (Å²) < 4.78 is 27.4. The van der Waals surface area contributed by atoms with E-state index in [1.807, 2.05) is 0 Å². The van der Waals surface area contributed by atoms with E-state index in [0.29, 0.717) is 26.1 Å². The van der Waals surface area contributed by atoms with Crippen LogP contribution >= 0.6 is 0 Å². The Kier molecular flexibility index (Phi) is 6.16. The van der Waals surface area contributed by atoms with Gasteiger partial charge in [-0.15, -0.1) is 0 Å². The van der Waals surface area contributed by atoms with E-state index in [4.69, 9.17) is 0 Å². The lowest BCUT2D eigenvalue weighted by molar-refractivity contribution is -0.143. The number of likely N-dealkylation sites (tertiary alicyclic amines) is 1. The molecule has 7 nitrogen and oxygen atoms in total. The Balaban J connectivity index is 1.86. The van der Waals surface area contributed by atoms with Gasteiger partial charge in [-0.2, -0.15) is 4.31 Å². The molecule has 1 atom stereocenters. The topological polar surface area (TPSA) is 95.0 Å². The Labute approximate surface area is 160 Å². The summed E-state index contributed by atoms with van der Waals surface area (Å²) in [7, 11) is -3.66. The summed E-state index contributed by atoms with van der Waals surface area (Å²) in [5, 5.41) is 9.39. The van der Waals surface area contributed by atoms with E-state index in [9.17, 15) is 23.1 Å². The first-order chi connectivity index (χ1) is 12.9. The molecule has 2 aliphatic heterocycles. The van der Waals surface area contributed by atoms with Gasteiger partial charge in [0.1, 0.15) is 6.04 Å². The number of aliphatic carboxylic acids is 1. The molecule has 148 valence electrons. The molecule has 0 aromatic heterocycles. The molecular formula is C19H26N2O5S. The SMILES string of the molecule is O=C(O)C1CCCCN1C(=O)c1cccc(S(=O)(=O)N2CCCCCC2)c1. The van der Waals surface area contributed by atoms with Crippen molar-refractivity contribution in [2.24, 2.45) is 0 Å². The standard InChI is InChI=1S/C19H26N2O5S/c22-18(21-13-6-3-10-17(21)19(23)24)15-8-7-9-16(14-15)27(25,26)20-11-4-1-2-5-12-20/h7-9,14,17H,1-6,10-13H2,(H,23,24). The summed E-state index contributed by atoms with van der Waals surface area (Å²) >= 11 is 0. The van der Waals surface area contributed by atoms with Gasteiger partial charge in [-0.05, 0) is 50.3 Å². The molecule has 1 N–H and O–H groups in total. The lowest BCUT2D eigenvalue weighted by Crippen LogP contribution is -2.48. The Morgan fingerprint density at radius 1 is 0.963 bits per heavy atom. The number of hydrogen-bond donors (Lipinski definition) is 1. The molecule has 2 aliphatic rings. The zero-order valence-electron chi connectivity index (χ0n) is 15.3. The number of nitrogens with zero attached hydrogens (tertiary/aromatic N) is 2. The van der Waals surface area contributed by atoms with Crippen LogP contribution in [0.5, 0.6) is 0 Å². The molecule has 0 spiro atoms. The summed E-state index contributed by atoms with van der Waals surface area (Å²) in [6, 6.07) is 5.14. The largest absolute Gasteiger partial charge is 0.480 e. The number of carboxylic acids is 1. The van der Waals surface area contributed by atoms with Gasteiger partial charge in [-0.25, -0.2) is 13.2 Å². The third kappa shape index (κ3) is 4.32. The van der Waals surface area contributed by atoms with Crippen LogP contribution in [0.1, 0.15) is 55.3 Å². The van der Waals surface area contributed by atoms with Gasteiger partial charge >= 0.3 is 5.97 Å². The zero-order chi connectivity index (χ0) is 19.4. The van der Waals surface area contributed by atoms with E-state index >= 15 is 0 Å². The molecule has 27 heavy (non-hydrogen) atoms. The van der Waals surface area contributed by atoms with E-state index in [2.05, 4.69) is 0 Å². The van der Waals surface area contributed by atoms with Crippen LogP contribution in [0.15, 0.2) is 29.2 Å². The van der Waals surface area contributed by atoms with Crippen LogP contribution in [-0.4, -0.2) is 60.3 Å². The quantitative estimate of drug-likeness (QED) is 0.846. The van der Waals surface area contributed by atoms with E-state index in [1.165, 1.54) is 21.3 Å². The lowest BCUT2D eigenvalue weighted by Gasteiger charge is -2.33. The predicted molar refractivity (Wildman–Crippen MR) is 100.0 cm³/mol. The molecule has 3 rings (SSSR count). The fraction of sp³-hybridized carbons (Fsp3) is 0.579. The number of sulfonamides is 1. The number of amides is 1. The fourth-order valence-electron chi connectivity index (χ4n) is 3.82. The number of carbonyl (C=O) groups is 2. The molecule has 8 heteroatoms. The van der Waals surface area contributed by atoms with Gasteiger partial charge in [0.15, 0.2) is 0 Å². The van der Waals surface area contributed by atoms with Gasteiger partial charge in [-0.3, -0.25) is 4.79 Å². The van der Waals surface area contributed by atoms with Crippen LogP contribution in [-0.2, 0) is 14.8 Å². The summed E-state index contributed by atoms with van der Waals surface area (Å²) in [6.45, 7) is 1.36. The third-order valence-corrected chi connectivity index (χ3v) is 7.23. The monoisotopic (exact) mass is 394 g/mol. The average molecular weight is 394 g/mol. The first-order valence-corrected chi connectivity index (χ1v) is 11.0. The van der Waals surface area contributed by atoms with Crippen molar-refractivity contribution < 1.29 is 23.1 Å². The second kappa shape index (κ2) is 8.39. The van der Waals surface area contributed by atoms with Crippen LogP contribution in [0.2, 0.25) is 0 Å². The number of carbonyl (C=O) groups excluding carboxylic acids is 1.